The molecule has 0 bridgehead atoms. The van der Waals surface area contributed by atoms with Crippen LogP contribution in [0.25, 0.3) is 10.2 Å². The summed E-state index contributed by atoms with van der Waals surface area (Å²) in [5.74, 6) is 0.319. The Kier molecular flexibility index (Phi) is 5.87. The van der Waals surface area contributed by atoms with Gasteiger partial charge in [0, 0.05) is 6.54 Å². The van der Waals surface area contributed by atoms with Crippen molar-refractivity contribution in [3.05, 3.63) is 53.0 Å². The van der Waals surface area contributed by atoms with Crippen molar-refractivity contribution in [1.82, 2.24) is 10.3 Å². The van der Waals surface area contributed by atoms with E-state index in [1.165, 1.54) is 11.3 Å². The minimum atomic E-state index is -0.607. The Morgan fingerprint density at radius 2 is 1.97 bits per heavy atom. The molecule has 29 heavy (non-hydrogen) atoms. The number of esters is 1. The van der Waals surface area contributed by atoms with Crippen molar-refractivity contribution in [2.75, 3.05) is 20.0 Å². The first-order valence-corrected chi connectivity index (χ1v) is 9.72. The molecule has 0 saturated heterocycles. The summed E-state index contributed by atoms with van der Waals surface area (Å²) in [5.41, 5.74) is 1.76. The van der Waals surface area contributed by atoms with Crippen LogP contribution in [-0.4, -0.2) is 36.9 Å². The molecule has 150 valence electrons. The molecule has 0 atom stereocenters. The number of rotatable bonds is 8. The fourth-order valence-electron chi connectivity index (χ4n) is 2.69. The molecular weight excluding hydrogens is 396 g/mol. The molecule has 0 spiro atoms. The molecular formula is C20H18N2O6S. The van der Waals surface area contributed by atoms with Gasteiger partial charge in [0.05, 0.1) is 16.8 Å². The zero-order chi connectivity index (χ0) is 20.1. The summed E-state index contributed by atoms with van der Waals surface area (Å²) < 4.78 is 21.8. The number of nitrogens with zero attached hydrogens (tertiary/aromatic N) is 1. The lowest BCUT2D eigenvalue weighted by atomic mass is 10.2. The van der Waals surface area contributed by atoms with Crippen LogP contribution in [0.5, 0.6) is 11.5 Å². The van der Waals surface area contributed by atoms with E-state index in [0.29, 0.717) is 18.0 Å². The lowest BCUT2D eigenvalue weighted by molar-refractivity contribution is -0.153. The maximum atomic E-state index is 11.9. The van der Waals surface area contributed by atoms with Crippen molar-refractivity contribution >= 4 is 33.4 Å². The van der Waals surface area contributed by atoms with E-state index in [9.17, 15) is 9.59 Å². The quantitative estimate of drug-likeness (QED) is 0.566. The highest BCUT2D eigenvalue weighted by Gasteiger charge is 2.14. The third-order valence-corrected chi connectivity index (χ3v) is 5.08. The lowest BCUT2D eigenvalue weighted by Gasteiger charge is -2.07. The van der Waals surface area contributed by atoms with E-state index < -0.39 is 11.9 Å². The van der Waals surface area contributed by atoms with Crippen LogP contribution in [0.1, 0.15) is 10.6 Å². The van der Waals surface area contributed by atoms with E-state index in [2.05, 4.69) is 10.3 Å². The van der Waals surface area contributed by atoms with E-state index >= 15 is 0 Å². The fraction of sp³-hybridized carbons (Fsp3) is 0.250. The summed E-state index contributed by atoms with van der Waals surface area (Å²) in [6, 6.07) is 13.2. The monoisotopic (exact) mass is 414 g/mol. The third kappa shape index (κ3) is 5.01. The number of benzene rings is 2. The van der Waals surface area contributed by atoms with Gasteiger partial charge in [0.15, 0.2) is 18.1 Å². The topological polar surface area (TPSA) is 96.0 Å². The second-order valence-electron chi connectivity index (χ2n) is 6.19. The summed E-state index contributed by atoms with van der Waals surface area (Å²) in [6.07, 6.45) is 0. The fourth-order valence-corrected chi connectivity index (χ4v) is 3.60. The van der Waals surface area contributed by atoms with Crippen molar-refractivity contribution in [3.63, 3.8) is 0 Å². The second-order valence-corrected chi connectivity index (χ2v) is 7.31. The van der Waals surface area contributed by atoms with Crippen molar-refractivity contribution in [2.45, 2.75) is 13.2 Å². The highest BCUT2D eigenvalue weighted by molar-refractivity contribution is 7.18. The van der Waals surface area contributed by atoms with Crippen LogP contribution in [-0.2, 0) is 32.2 Å². The minimum Gasteiger partial charge on any atom is -0.454 e. The number of thiazole rings is 1. The first kappa shape index (κ1) is 19.2. The van der Waals surface area contributed by atoms with Gasteiger partial charge in [0.1, 0.15) is 11.6 Å². The Morgan fingerprint density at radius 1 is 1.10 bits per heavy atom. The van der Waals surface area contributed by atoms with Crippen LogP contribution < -0.4 is 14.8 Å². The molecule has 4 rings (SSSR count). The first-order chi connectivity index (χ1) is 14.2. The zero-order valence-corrected chi connectivity index (χ0v) is 16.2. The summed E-state index contributed by atoms with van der Waals surface area (Å²) >= 11 is 1.51. The number of ether oxygens (including phenoxy) is 4. The smallest absolute Gasteiger partial charge is 0.332 e. The number of hydrogen-bond donors (Lipinski definition) is 1. The van der Waals surface area contributed by atoms with E-state index in [-0.39, 0.29) is 26.6 Å². The number of aromatic nitrogens is 1. The van der Waals surface area contributed by atoms with Gasteiger partial charge in [-0.25, -0.2) is 9.78 Å². The highest BCUT2D eigenvalue weighted by atomic mass is 32.1. The van der Waals surface area contributed by atoms with E-state index in [1.54, 1.807) is 12.1 Å². The predicted molar refractivity (Wildman–Crippen MR) is 105 cm³/mol. The summed E-state index contributed by atoms with van der Waals surface area (Å²) in [5, 5.41) is 3.46. The first-order valence-electron chi connectivity index (χ1n) is 8.90. The second kappa shape index (κ2) is 8.89. The van der Waals surface area contributed by atoms with Crippen molar-refractivity contribution < 1.29 is 28.5 Å². The SMILES string of the molecule is O=C(COC(=O)COCc1nc2ccccc2s1)NCc1ccc2c(c1)OCO2. The number of carbonyl (C=O) groups is 2. The molecule has 1 aliphatic heterocycles. The van der Waals surface area contributed by atoms with Gasteiger partial charge in [-0.05, 0) is 29.8 Å². The van der Waals surface area contributed by atoms with Gasteiger partial charge in [0.25, 0.3) is 5.91 Å². The molecule has 1 aromatic heterocycles. The molecule has 1 aliphatic rings. The Hall–Kier alpha value is -3.17. The number of hydrogen-bond acceptors (Lipinski definition) is 8. The predicted octanol–water partition coefficient (Wildman–Crippen LogP) is 2.40. The van der Waals surface area contributed by atoms with Gasteiger partial charge < -0.3 is 24.3 Å². The van der Waals surface area contributed by atoms with Crippen LogP contribution >= 0.6 is 11.3 Å². The molecule has 0 unspecified atom stereocenters. The standard InChI is InChI=1S/C20H18N2O6S/c23-18(21-8-13-5-6-15-16(7-13)28-12-27-15)9-26-20(24)11-25-10-19-22-14-3-1-2-4-17(14)29-19/h1-7H,8-12H2,(H,21,23). The number of amides is 1. The Balaban J connectivity index is 1.14. The summed E-state index contributed by atoms with van der Waals surface area (Å²) in [7, 11) is 0. The van der Waals surface area contributed by atoms with Gasteiger partial charge in [-0.3, -0.25) is 4.79 Å². The van der Waals surface area contributed by atoms with Crippen LogP contribution in [0.2, 0.25) is 0 Å². The highest BCUT2D eigenvalue weighted by Crippen LogP contribution is 2.32. The Labute approximate surface area is 170 Å². The molecule has 0 fully saturated rings. The number of para-hydroxylation sites is 1. The molecule has 2 aromatic carbocycles. The Morgan fingerprint density at radius 3 is 2.86 bits per heavy atom. The molecule has 2 heterocycles. The number of carbonyl (C=O) groups excluding carboxylic acids is 2. The molecule has 0 radical (unpaired) electrons. The summed E-state index contributed by atoms with van der Waals surface area (Å²) in [6.45, 7) is 0.0905. The van der Waals surface area contributed by atoms with Gasteiger partial charge in [-0.2, -0.15) is 0 Å². The molecule has 9 heteroatoms. The minimum absolute atomic E-state index is 0.197. The van der Waals surface area contributed by atoms with Crippen LogP contribution in [0.3, 0.4) is 0 Å². The van der Waals surface area contributed by atoms with Gasteiger partial charge in [0.2, 0.25) is 6.79 Å². The van der Waals surface area contributed by atoms with Gasteiger partial charge in [-0.1, -0.05) is 18.2 Å². The van der Waals surface area contributed by atoms with E-state index in [4.69, 9.17) is 18.9 Å². The lowest BCUT2D eigenvalue weighted by Crippen LogP contribution is -2.29. The number of nitrogens with one attached hydrogen (secondary N) is 1. The van der Waals surface area contributed by atoms with Gasteiger partial charge in [-0.15, -0.1) is 11.3 Å². The largest absolute Gasteiger partial charge is 0.454 e. The van der Waals surface area contributed by atoms with Crippen LogP contribution in [0, 0.1) is 0 Å². The van der Waals surface area contributed by atoms with Crippen LogP contribution in [0.15, 0.2) is 42.5 Å². The van der Waals surface area contributed by atoms with Crippen LogP contribution in [0.4, 0.5) is 0 Å². The molecule has 8 nitrogen and oxygen atoms in total. The van der Waals surface area contributed by atoms with E-state index in [0.717, 1.165) is 20.8 Å². The zero-order valence-electron chi connectivity index (χ0n) is 15.4. The Bertz CT molecular complexity index is 1000. The summed E-state index contributed by atoms with van der Waals surface area (Å²) in [4.78, 5) is 28.0. The molecule has 3 aromatic rings. The average Bonchev–Trinajstić information content (AvgIpc) is 3.36. The van der Waals surface area contributed by atoms with Crippen molar-refractivity contribution in [2.24, 2.45) is 0 Å². The average molecular weight is 414 g/mol. The maximum absolute atomic E-state index is 11.9. The van der Waals surface area contributed by atoms with Gasteiger partial charge >= 0.3 is 5.97 Å². The van der Waals surface area contributed by atoms with Crippen molar-refractivity contribution in [3.8, 4) is 11.5 Å². The van der Waals surface area contributed by atoms with Crippen molar-refractivity contribution in [1.29, 1.82) is 0 Å². The molecule has 0 saturated carbocycles. The number of fused-ring (bicyclic) bond motifs is 2. The maximum Gasteiger partial charge on any atom is 0.332 e. The molecule has 1 amide bonds. The molecule has 0 aliphatic carbocycles. The molecule has 1 N–H and O–H groups in total. The normalized spacial score (nSPS) is 12.1. The third-order valence-electron chi connectivity index (χ3n) is 4.07. The van der Waals surface area contributed by atoms with E-state index in [1.807, 2.05) is 30.3 Å².